The number of aromatic amines is 1. The van der Waals surface area contributed by atoms with E-state index in [1.54, 1.807) is 11.6 Å². The number of rotatable bonds is 3. The number of halogens is 1. The molecule has 4 aromatic rings. The number of hydrogen-bond donors (Lipinski definition) is 2. The van der Waals surface area contributed by atoms with Gasteiger partial charge in [0.2, 0.25) is 5.95 Å². The van der Waals surface area contributed by atoms with Crippen LogP contribution in [0.2, 0.25) is 5.02 Å². The van der Waals surface area contributed by atoms with Crippen LogP contribution in [0.1, 0.15) is 31.9 Å². The molecule has 32 heavy (non-hydrogen) atoms. The van der Waals surface area contributed by atoms with Crippen molar-refractivity contribution in [3.8, 4) is 11.1 Å². The molecule has 7 nitrogen and oxygen atoms in total. The molecule has 2 saturated heterocycles. The average Bonchev–Trinajstić information content (AvgIpc) is 3.48. The van der Waals surface area contributed by atoms with Gasteiger partial charge in [0.15, 0.2) is 0 Å². The summed E-state index contributed by atoms with van der Waals surface area (Å²) in [5.41, 5.74) is 10.1. The van der Waals surface area contributed by atoms with Crippen molar-refractivity contribution in [2.45, 2.75) is 50.7 Å². The molecule has 3 aromatic heterocycles. The maximum atomic E-state index is 13.5. The largest absolute Gasteiger partial charge is 0.345 e. The van der Waals surface area contributed by atoms with E-state index in [-0.39, 0.29) is 17.6 Å². The van der Waals surface area contributed by atoms with Crippen LogP contribution < -0.4 is 16.2 Å². The molecule has 2 fully saturated rings. The van der Waals surface area contributed by atoms with Gasteiger partial charge in [-0.15, -0.1) is 0 Å². The van der Waals surface area contributed by atoms with E-state index in [1.165, 1.54) is 0 Å². The molecule has 0 spiro atoms. The zero-order chi connectivity index (χ0) is 22.1. The van der Waals surface area contributed by atoms with Crippen molar-refractivity contribution in [3.63, 3.8) is 0 Å². The highest BCUT2D eigenvalue weighted by atomic mass is 35.5. The highest BCUT2D eigenvalue weighted by Crippen LogP contribution is 2.40. The zero-order valence-corrected chi connectivity index (χ0v) is 18.9. The van der Waals surface area contributed by atoms with Gasteiger partial charge in [0.1, 0.15) is 5.65 Å². The van der Waals surface area contributed by atoms with Crippen LogP contribution in [0.15, 0.2) is 35.3 Å². The number of nitrogens with two attached hydrogens (primary N) is 1. The topological polar surface area (TPSA) is 92.8 Å². The van der Waals surface area contributed by atoms with Crippen molar-refractivity contribution >= 4 is 39.5 Å². The fourth-order valence-electron chi connectivity index (χ4n) is 5.54. The molecule has 1 aromatic carbocycles. The molecule has 0 unspecified atom stereocenters. The Bertz CT molecular complexity index is 1440. The number of nitrogens with one attached hydrogen (secondary N) is 1. The molecule has 8 heteroatoms. The quantitative estimate of drug-likeness (QED) is 0.497. The van der Waals surface area contributed by atoms with Crippen molar-refractivity contribution < 1.29 is 0 Å². The fourth-order valence-corrected chi connectivity index (χ4v) is 5.86. The minimum absolute atomic E-state index is 0.0902. The SMILES string of the molecule is CCc1ccc2ccc(-c3c[nH]c4nc(N5[C@H]6CC[C@@H]5[C@H](N)C6)n(C)c(=O)c34)c(Cl)c2n1. The molecule has 164 valence electrons. The minimum atomic E-state index is -0.0902. The second-order valence-corrected chi connectivity index (χ2v) is 9.34. The predicted octanol–water partition coefficient (Wildman–Crippen LogP) is 3.76. The number of nitrogens with zero attached hydrogens (tertiary/aromatic N) is 4. The first-order valence-corrected chi connectivity index (χ1v) is 11.6. The smallest absolute Gasteiger partial charge is 0.264 e. The summed E-state index contributed by atoms with van der Waals surface area (Å²) in [6, 6.07) is 8.74. The molecule has 3 N–H and O–H groups in total. The van der Waals surface area contributed by atoms with Crippen LogP contribution in [0.3, 0.4) is 0 Å². The van der Waals surface area contributed by atoms with E-state index in [9.17, 15) is 4.79 Å². The van der Waals surface area contributed by atoms with Crippen LogP contribution >= 0.6 is 11.6 Å². The van der Waals surface area contributed by atoms with E-state index in [2.05, 4.69) is 16.8 Å². The van der Waals surface area contributed by atoms with Crippen LogP contribution in [0, 0.1) is 0 Å². The Morgan fingerprint density at radius 1 is 1.19 bits per heavy atom. The zero-order valence-electron chi connectivity index (χ0n) is 18.1. The number of anilines is 1. The maximum absolute atomic E-state index is 13.5. The van der Waals surface area contributed by atoms with Gasteiger partial charge in [-0.05, 0) is 31.7 Å². The number of H-pyrrole nitrogens is 1. The average molecular weight is 449 g/mol. The number of fused-ring (bicyclic) bond motifs is 4. The van der Waals surface area contributed by atoms with E-state index in [0.717, 1.165) is 53.4 Å². The number of aryl methyl sites for hydroxylation is 1. The van der Waals surface area contributed by atoms with Crippen molar-refractivity contribution in [1.29, 1.82) is 0 Å². The van der Waals surface area contributed by atoms with Gasteiger partial charge in [0, 0.05) is 53.6 Å². The van der Waals surface area contributed by atoms with Crippen LogP contribution in [0.4, 0.5) is 5.95 Å². The summed E-state index contributed by atoms with van der Waals surface area (Å²) in [6.07, 6.45) is 5.76. The summed E-state index contributed by atoms with van der Waals surface area (Å²) in [7, 11) is 1.79. The lowest BCUT2D eigenvalue weighted by molar-refractivity contribution is 0.503. The third kappa shape index (κ3) is 2.67. The highest BCUT2D eigenvalue weighted by molar-refractivity contribution is 6.38. The van der Waals surface area contributed by atoms with Crippen molar-refractivity contribution in [2.75, 3.05) is 4.90 Å². The molecule has 3 atom stereocenters. The Hall–Kier alpha value is -2.90. The molecule has 2 bridgehead atoms. The van der Waals surface area contributed by atoms with Gasteiger partial charge >= 0.3 is 0 Å². The lowest BCUT2D eigenvalue weighted by atomic mass is 9.97. The van der Waals surface area contributed by atoms with Crippen molar-refractivity contribution in [3.05, 3.63) is 51.5 Å². The fraction of sp³-hybridized carbons (Fsp3) is 0.375. The summed E-state index contributed by atoms with van der Waals surface area (Å²) in [5.74, 6) is 0.690. The van der Waals surface area contributed by atoms with Gasteiger partial charge in [0.25, 0.3) is 5.56 Å². The van der Waals surface area contributed by atoms with Crippen LogP contribution in [0.25, 0.3) is 33.1 Å². The summed E-state index contributed by atoms with van der Waals surface area (Å²) in [6.45, 7) is 2.07. The Kier molecular flexibility index (Phi) is 4.35. The Balaban J connectivity index is 1.53. The first-order chi connectivity index (χ1) is 15.5. The monoisotopic (exact) mass is 448 g/mol. The number of benzene rings is 1. The van der Waals surface area contributed by atoms with E-state index in [4.69, 9.17) is 27.3 Å². The molecule has 6 rings (SSSR count). The number of hydrogen-bond acceptors (Lipinski definition) is 5. The maximum Gasteiger partial charge on any atom is 0.264 e. The van der Waals surface area contributed by atoms with Crippen LogP contribution in [-0.4, -0.2) is 37.6 Å². The van der Waals surface area contributed by atoms with E-state index >= 15 is 0 Å². The van der Waals surface area contributed by atoms with Crippen LogP contribution in [0.5, 0.6) is 0 Å². The molecule has 0 amide bonds. The van der Waals surface area contributed by atoms with E-state index < -0.39 is 0 Å². The van der Waals surface area contributed by atoms with E-state index in [0.29, 0.717) is 28.0 Å². The third-order valence-corrected chi connectivity index (χ3v) is 7.60. The first kappa shape index (κ1) is 19.8. The normalized spacial score (nSPS) is 22.5. The second kappa shape index (κ2) is 7.05. The Morgan fingerprint density at radius 2 is 2.00 bits per heavy atom. The molecular weight excluding hydrogens is 424 g/mol. The highest BCUT2D eigenvalue weighted by Gasteiger charge is 2.46. The Morgan fingerprint density at radius 3 is 2.72 bits per heavy atom. The molecule has 5 heterocycles. The van der Waals surface area contributed by atoms with Gasteiger partial charge in [-0.25, -0.2) is 0 Å². The summed E-state index contributed by atoms with van der Waals surface area (Å²) >= 11 is 6.82. The number of pyridine rings is 1. The molecular formula is C24H25ClN6O. The summed E-state index contributed by atoms with van der Waals surface area (Å²) < 4.78 is 1.66. The lowest BCUT2D eigenvalue weighted by Gasteiger charge is -2.25. The minimum Gasteiger partial charge on any atom is -0.345 e. The lowest BCUT2D eigenvalue weighted by Crippen LogP contribution is -2.40. The van der Waals surface area contributed by atoms with Gasteiger partial charge < -0.3 is 15.6 Å². The molecule has 0 radical (unpaired) electrons. The number of aromatic nitrogens is 4. The van der Waals surface area contributed by atoms with Gasteiger partial charge in [0.05, 0.1) is 15.9 Å². The standard InChI is InChI=1S/C24H25ClN6O/c1-3-13-6-4-12-5-8-15(20(25)21(12)28-13)16-11-27-22-19(16)23(32)30(2)24(29-22)31-14-7-9-18(31)17(26)10-14/h4-6,8,11,14,17-18,27H,3,7,9-10,26H2,1-2H3/t14-,17+,18+/m0/s1. The Labute approximate surface area is 190 Å². The predicted molar refractivity (Wildman–Crippen MR) is 128 cm³/mol. The third-order valence-electron chi connectivity index (χ3n) is 7.22. The van der Waals surface area contributed by atoms with Crippen molar-refractivity contribution in [2.24, 2.45) is 12.8 Å². The molecule has 2 aliphatic rings. The van der Waals surface area contributed by atoms with E-state index in [1.807, 2.05) is 30.5 Å². The molecule has 0 aliphatic carbocycles. The van der Waals surface area contributed by atoms with Crippen molar-refractivity contribution in [1.82, 2.24) is 19.5 Å². The second-order valence-electron chi connectivity index (χ2n) is 8.96. The van der Waals surface area contributed by atoms with Gasteiger partial charge in [-0.2, -0.15) is 4.98 Å². The summed E-state index contributed by atoms with van der Waals surface area (Å²) in [4.78, 5) is 28.6. The first-order valence-electron chi connectivity index (χ1n) is 11.2. The molecule has 2 aliphatic heterocycles. The van der Waals surface area contributed by atoms with Gasteiger partial charge in [-0.1, -0.05) is 36.7 Å². The van der Waals surface area contributed by atoms with Crippen LogP contribution in [-0.2, 0) is 13.5 Å². The summed E-state index contributed by atoms with van der Waals surface area (Å²) in [5, 5.41) is 2.07. The van der Waals surface area contributed by atoms with Gasteiger partial charge in [-0.3, -0.25) is 14.3 Å². The molecule has 0 saturated carbocycles.